The minimum atomic E-state index is 0.187. The molecule has 17 heavy (non-hydrogen) atoms. The molecule has 2 rings (SSSR count). The van der Waals surface area contributed by atoms with Crippen molar-refractivity contribution in [3.8, 4) is 0 Å². The first kappa shape index (κ1) is 12.3. The van der Waals surface area contributed by atoms with Crippen molar-refractivity contribution in [2.75, 3.05) is 0 Å². The Labute approximate surface area is 104 Å². The number of carbonyl (C=O) groups excluding carboxylic acids is 1. The maximum Gasteiger partial charge on any atom is 0.136 e. The van der Waals surface area contributed by atoms with Gasteiger partial charge in [0.15, 0.2) is 0 Å². The Morgan fingerprint density at radius 3 is 2.41 bits per heavy atom. The van der Waals surface area contributed by atoms with Crippen LogP contribution in [-0.4, -0.2) is 5.78 Å². The number of ketones is 1. The molecule has 0 aliphatic heterocycles. The van der Waals surface area contributed by atoms with Crippen molar-refractivity contribution in [1.82, 2.24) is 0 Å². The van der Waals surface area contributed by atoms with Crippen LogP contribution in [0.25, 0.3) is 0 Å². The van der Waals surface area contributed by atoms with Gasteiger partial charge in [0.25, 0.3) is 0 Å². The molecular formula is C16H22O. The summed E-state index contributed by atoms with van der Waals surface area (Å²) in [7, 11) is 0. The van der Waals surface area contributed by atoms with Gasteiger partial charge in [-0.3, -0.25) is 4.79 Å². The highest BCUT2D eigenvalue weighted by Crippen LogP contribution is 2.40. The van der Waals surface area contributed by atoms with Gasteiger partial charge in [0.05, 0.1) is 0 Å². The van der Waals surface area contributed by atoms with Gasteiger partial charge in [0.2, 0.25) is 0 Å². The fourth-order valence-corrected chi connectivity index (χ4v) is 2.92. The molecule has 3 atom stereocenters. The Morgan fingerprint density at radius 1 is 1.18 bits per heavy atom. The van der Waals surface area contributed by atoms with E-state index < -0.39 is 0 Å². The molecule has 0 saturated heterocycles. The molecule has 1 nitrogen and oxygen atoms in total. The van der Waals surface area contributed by atoms with Gasteiger partial charge in [-0.25, -0.2) is 0 Å². The highest BCUT2D eigenvalue weighted by molar-refractivity contribution is 5.82. The molecule has 0 heterocycles. The highest BCUT2D eigenvalue weighted by atomic mass is 16.1. The van der Waals surface area contributed by atoms with Gasteiger partial charge in [-0.05, 0) is 29.7 Å². The minimum absolute atomic E-state index is 0.187. The second-order valence-electron chi connectivity index (χ2n) is 5.72. The molecule has 0 radical (unpaired) electrons. The van der Waals surface area contributed by atoms with Crippen LogP contribution in [0.1, 0.15) is 45.1 Å². The van der Waals surface area contributed by atoms with Crippen molar-refractivity contribution in [2.45, 2.75) is 39.5 Å². The molecular weight excluding hydrogens is 208 g/mol. The third-order valence-corrected chi connectivity index (χ3v) is 4.30. The fraction of sp³-hybridized carbons (Fsp3) is 0.562. The Kier molecular flexibility index (Phi) is 3.66. The molecule has 0 bridgehead atoms. The summed E-state index contributed by atoms with van der Waals surface area (Å²) >= 11 is 0. The average molecular weight is 230 g/mol. The number of rotatable bonds is 2. The number of benzene rings is 1. The van der Waals surface area contributed by atoms with Crippen molar-refractivity contribution < 1.29 is 4.79 Å². The normalized spacial score (nSPS) is 29.6. The summed E-state index contributed by atoms with van der Waals surface area (Å²) in [6, 6.07) is 10.5. The summed E-state index contributed by atoms with van der Waals surface area (Å²) in [6.45, 7) is 6.56. The summed E-state index contributed by atoms with van der Waals surface area (Å²) in [5.74, 6) is 2.22. The van der Waals surface area contributed by atoms with E-state index in [1.807, 2.05) is 6.07 Å². The first-order valence-corrected chi connectivity index (χ1v) is 6.67. The second kappa shape index (κ2) is 5.03. The number of hydrogen-bond donors (Lipinski definition) is 0. The Hall–Kier alpha value is -1.11. The zero-order chi connectivity index (χ0) is 12.4. The number of Topliss-reactive ketones (excluding diaryl/α,β-unsaturated/α-hetero) is 1. The highest BCUT2D eigenvalue weighted by Gasteiger charge is 2.35. The lowest BCUT2D eigenvalue weighted by molar-refractivity contribution is -0.126. The van der Waals surface area contributed by atoms with Crippen LogP contribution in [-0.2, 0) is 4.79 Å². The Balaban J connectivity index is 2.23. The minimum Gasteiger partial charge on any atom is -0.299 e. The van der Waals surface area contributed by atoms with Crippen LogP contribution < -0.4 is 0 Å². The monoisotopic (exact) mass is 230 g/mol. The van der Waals surface area contributed by atoms with Crippen LogP contribution in [0.5, 0.6) is 0 Å². The molecule has 0 unspecified atom stereocenters. The molecule has 92 valence electrons. The summed E-state index contributed by atoms with van der Waals surface area (Å²) in [5, 5.41) is 0. The Bertz CT molecular complexity index is 380. The van der Waals surface area contributed by atoms with E-state index >= 15 is 0 Å². The zero-order valence-corrected chi connectivity index (χ0v) is 11.0. The van der Waals surface area contributed by atoms with Crippen molar-refractivity contribution in [3.63, 3.8) is 0 Å². The molecule has 0 N–H and O–H groups in total. The van der Waals surface area contributed by atoms with E-state index in [0.717, 1.165) is 12.8 Å². The zero-order valence-electron chi connectivity index (χ0n) is 11.0. The lowest BCUT2D eigenvalue weighted by atomic mass is 9.68. The first-order chi connectivity index (χ1) is 8.09. The van der Waals surface area contributed by atoms with Crippen LogP contribution in [0, 0.1) is 17.8 Å². The van der Waals surface area contributed by atoms with Crippen molar-refractivity contribution >= 4 is 5.78 Å². The van der Waals surface area contributed by atoms with E-state index in [9.17, 15) is 4.79 Å². The predicted octanol–water partition coefficient (Wildman–Crippen LogP) is 4.04. The molecule has 0 spiro atoms. The topological polar surface area (TPSA) is 17.1 Å². The maximum absolute atomic E-state index is 12.1. The van der Waals surface area contributed by atoms with Gasteiger partial charge >= 0.3 is 0 Å². The van der Waals surface area contributed by atoms with Crippen molar-refractivity contribution in [3.05, 3.63) is 35.9 Å². The van der Waals surface area contributed by atoms with E-state index in [4.69, 9.17) is 0 Å². The quantitative estimate of drug-likeness (QED) is 0.749. The van der Waals surface area contributed by atoms with Gasteiger partial charge < -0.3 is 0 Å². The SMILES string of the molecule is CC(C)[C@H]1CC(=O)[C@H](C)[C@@H](c2ccccc2)C1. The van der Waals surface area contributed by atoms with Crippen LogP contribution in [0.3, 0.4) is 0 Å². The molecule has 1 aromatic carbocycles. The summed E-state index contributed by atoms with van der Waals surface area (Å²) in [5.41, 5.74) is 1.33. The lowest BCUT2D eigenvalue weighted by Gasteiger charge is -2.35. The van der Waals surface area contributed by atoms with Gasteiger partial charge in [-0.2, -0.15) is 0 Å². The van der Waals surface area contributed by atoms with E-state index in [2.05, 4.69) is 45.0 Å². The predicted molar refractivity (Wildman–Crippen MR) is 70.9 cm³/mol. The fourth-order valence-electron chi connectivity index (χ4n) is 2.92. The molecule has 1 aromatic rings. The average Bonchev–Trinajstić information content (AvgIpc) is 2.33. The second-order valence-corrected chi connectivity index (χ2v) is 5.72. The molecule has 1 fully saturated rings. The number of carbonyl (C=O) groups is 1. The third kappa shape index (κ3) is 2.59. The summed E-state index contributed by atoms with van der Waals surface area (Å²) in [6.07, 6.45) is 1.94. The summed E-state index contributed by atoms with van der Waals surface area (Å²) in [4.78, 5) is 12.1. The lowest BCUT2D eigenvalue weighted by Crippen LogP contribution is -2.32. The smallest absolute Gasteiger partial charge is 0.136 e. The maximum atomic E-state index is 12.1. The molecule has 1 aliphatic carbocycles. The van der Waals surface area contributed by atoms with Gasteiger partial charge in [-0.1, -0.05) is 51.1 Å². The van der Waals surface area contributed by atoms with Crippen molar-refractivity contribution in [2.24, 2.45) is 17.8 Å². The van der Waals surface area contributed by atoms with E-state index in [1.165, 1.54) is 5.56 Å². The molecule has 0 aromatic heterocycles. The van der Waals surface area contributed by atoms with Crippen LogP contribution in [0.4, 0.5) is 0 Å². The van der Waals surface area contributed by atoms with Gasteiger partial charge in [-0.15, -0.1) is 0 Å². The summed E-state index contributed by atoms with van der Waals surface area (Å²) < 4.78 is 0. The standard InChI is InChI=1S/C16H22O/c1-11(2)14-9-15(12(3)16(17)10-14)13-7-5-4-6-8-13/h4-8,11-12,14-15H,9-10H2,1-3H3/t12-,14-,15+/m1/s1. The molecule has 0 amide bonds. The van der Waals surface area contributed by atoms with Crippen LogP contribution in [0.2, 0.25) is 0 Å². The van der Waals surface area contributed by atoms with Gasteiger partial charge in [0.1, 0.15) is 5.78 Å². The van der Waals surface area contributed by atoms with E-state index in [0.29, 0.717) is 23.5 Å². The molecule has 1 heteroatoms. The molecule has 1 aliphatic rings. The number of hydrogen-bond acceptors (Lipinski definition) is 1. The van der Waals surface area contributed by atoms with E-state index in [1.54, 1.807) is 0 Å². The molecule has 1 saturated carbocycles. The first-order valence-electron chi connectivity index (χ1n) is 6.67. The van der Waals surface area contributed by atoms with E-state index in [-0.39, 0.29) is 5.92 Å². The van der Waals surface area contributed by atoms with Crippen LogP contribution >= 0.6 is 0 Å². The Morgan fingerprint density at radius 2 is 1.82 bits per heavy atom. The largest absolute Gasteiger partial charge is 0.299 e. The van der Waals surface area contributed by atoms with Crippen molar-refractivity contribution in [1.29, 1.82) is 0 Å². The third-order valence-electron chi connectivity index (χ3n) is 4.30. The van der Waals surface area contributed by atoms with Gasteiger partial charge in [0, 0.05) is 12.3 Å². The van der Waals surface area contributed by atoms with Crippen LogP contribution in [0.15, 0.2) is 30.3 Å².